The van der Waals surface area contributed by atoms with Crippen molar-refractivity contribution in [3.05, 3.63) is 22.6 Å². The Bertz CT molecular complexity index is 343. The van der Waals surface area contributed by atoms with Crippen molar-refractivity contribution >= 4 is 11.6 Å². The quantitative estimate of drug-likeness (QED) is 0.884. The Balaban J connectivity index is 2.08. The largest absolute Gasteiger partial charge is 0.464 e. The highest BCUT2D eigenvalue weighted by Crippen LogP contribution is 2.34. The van der Waals surface area contributed by atoms with Gasteiger partial charge in [-0.05, 0) is 45.6 Å². The fraction of sp³-hybridized carbons (Fsp3) is 0.667. The molecular weight excluding hydrogens is 224 g/mol. The minimum absolute atomic E-state index is 0.482. The minimum atomic E-state index is 0.482. The van der Waals surface area contributed by atoms with Crippen LogP contribution in [-0.2, 0) is 6.42 Å². The van der Waals surface area contributed by atoms with Crippen LogP contribution in [0.3, 0.4) is 0 Å². The second kappa shape index (κ2) is 5.21. The molecule has 2 heterocycles. The fourth-order valence-corrected chi connectivity index (χ4v) is 2.56. The summed E-state index contributed by atoms with van der Waals surface area (Å²) >= 11 is 6.20. The van der Waals surface area contributed by atoms with Crippen LogP contribution in [0.4, 0.5) is 0 Å². The molecule has 1 aliphatic rings. The molecule has 0 amide bonds. The third kappa shape index (κ3) is 2.59. The third-order valence-corrected chi connectivity index (χ3v) is 3.54. The van der Waals surface area contributed by atoms with Crippen molar-refractivity contribution in [2.24, 2.45) is 5.73 Å². The number of piperidine rings is 1. The van der Waals surface area contributed by atoms with Gasteiger partial charge in [-0.1, -0.05) is 11.6 Å². The molecule has 90 valence electrons. The monoisotopic (exact) mass is 242 g/mol. The number of nitrogens with zero attached hydrogens (tertiary/aromatic N) is 1. The molecule has 0 aromatic carbocycles. The summed E-state index contributed by atoms with van der Waals surface area (Å²) in [5.74, 6) is 2.37. The van der Waals surface area contributed by atoms with Gasteiger partial charge in [0, 0.05) is 12.3 Å². The zero-order chi connectivity index (χ0) is 11.5. The molecule has 4 heteroatoms. The first-order valence-electron chi connectivity index (χ1n) is 5.87. The highest BCUT2D eigenvalue weighted by Gasteiger charge is 2.24. The lowest BCUT2D eigenvalue weighted by Crippen LogP contribution is -2.29. The Hall–Kier alpha value is -0.510. The molecule has 0 atom stereocenters. The van der Waals surface area contributed by atoms with Crippen molar-refractivity contribution in [2.75, 3.05) is 26.7 Å². The topological polar surface area (TPSA) is 42.4 Å². The van der Waals surface area contributed by atoms with Gasteiger partial charge in [0.2, 0.25) is 0 Å². The number of nitrogens with two attached hydrogens (primary N) is 1. The van der Waals surface area contributed by atoms with E-state index in [1.165, 1.54) is 0 Å². The van der Waals surface area contributed by atoms with Crippen LogP contribution in [0.2, 0.25) is 5.02 Å². The van der Waals surface area contributed by atoms with Crippen LogP contribution < -0.4 is 5.73 Å². The van der Waals surface area contributed by atoms with Crippen LogP contribution in [0, 0.1) is 0 Å². The Kier molecular flexibility index (Phi) is 3.90. The molecule has 0 spiro atoms. The first-order chi connectivity index (χ1) is 7.70. The second-order valence-electron chi connectivity index (χ2n) is 4.54. The molecule has 16 heavy (non-hydrogen) atoms. The Morgan fingerprint density at radius 2 is 2.19 bits per heavy atom. The van der Waals surface area contributed by atoms with E-state index in [1.54, 1.807) is 0 Å². The van der Waals surface area contributed by atoms with E-state index in [9.17, 15) is 0 Å². The van der Waals surface area contributed by atoms with E-state index in [4.69, 9.17) is 21.8 Å². The van der Waals surface area contributed by atoms with E-state index < -0.39 is 0 Å². The lowest BCUT2D eigenvalue weighted by atomic mass is 9.95. The smallest absolute Gasteiger partial charge is 0.125 e. The van der Waals surface area contributed by atoms with Crippen LogP contribution in [0.5, 0.6) is 0 Å². The van der Waals surface area contributed by atoms with E-state index >= 15 is 0 Å². The average molecular weight is 243 g/mol. The van der Waals surface area contributed by atoms with Gasteiger partial charge in [0.15, 0.2) is 0 Å². The maximum atomic E-state index is 6.20. The molecule has 1 fully saturated rings. The van der Waals surface area contributed by atoms with Crippen LogP contribution >= 0.6 is 11.6 Å². The molecule has 0 aliphatic carbocycles. The predicted molar refractivity (Wildman–Crippen MR) is 65.9 cm³/mol. The normalized spacial score (nSPS) is 19.2. The van der Waals surface area contributed by atoms with Crippen molar-refractivity contribution in [3.8, 4) is 0 Å². The predicted octanol–water partition coefficient (Wildman–Crippen LogP) is 2.24. The molecular formula is C12H19ClN2O. The summed E-state index contributed by atoms with van der Waals surface area (Å²) in [5.41, 5.74) is 5.51. The van der Waals surface area contributed by atoms with Gasteiger partial charge in [0.05, 0.1) is 5.02 Å². The summed E-state index contributed by atoms with van der Waals surface area (Å²) in [6.07, 6.45) is 3.03. The van der Waals surface area contributed by atoms with Gasteiger partial charge in [-0.15, -0.1) is 0 Å². The van der Waals surface area contributed by atoms with Gasteiger partial charge in [-0.2, -0.15) is 0 Å². The number of furan rings is 1. The van der Waals surface area contributed by atoms with E-state index in [0.29, 0.717) is 12.5 Å². The molecule has 1 aliphatic heterocycles. The SMILES string of the molecule is CN1CCC(c2oc(CCN)cc2Cl)CC1. The number of hydrogen-bond acceptors (Lipinski definition) is 3. The highest BCUT2D eigenvalue weighted by molar-refractivity contribution is 6.31. The molecule has 3 nitrogen and oxygen atoms in total. The van der Waals surface area contributed by atoms with E-state index in [0.717, 1.165) is 48.9 Å². The average Bonchev–Trinajstić information content (AvgIpc) is 2.61. The van der Waals surface area contributed by atoms with Crippen molar-refractivity contribution in [3.63, 3.8) is 0 Å². The lowest BCUT2D eigenvalue weighted by Gasteiger charge is -2.27. The van der Waals surface area contributed by atoms with Crippen LogP contribution in [-0.4, -0.2) is 31.6 Å². The summed E-state index contributed by atoms with van der Waals surface area (Å²) in [4.78, 5) is 2.34. The molecule has 2 rings (SSSR count). The fourth-order valence-electron chi connectivity index (χ4n) is 2.25. The maximum absolute atomic E-state index is 6.20. The summed E-state index contributed by atoms with van der Waals surface area (Å²) in [5, 5.41) is 0.776. The second-order valence-corrected chi connectivity index (χ2v) is 4.95. The van der Waals surface area contributed by atoms with Crippen molar-refractivity contribution < 1.29 is 4.42 Å². The third-order valence-electron chi connectivity index (χ3n) is 3.24. The zero-order valence-electron chi connectivity index (χ0n) is 9.71. The molecule has 0 radical (unpaired) electrons. The molecule has 1 saturated heterocycles. The first kappa shape index (κ1) is 12.0. The molecule has 0 unspecified atom stereocenters. The van der Waals surface area contributed by atoms with E-state index in [-0.39, 0.29) is 0 Å². The lowest BCUT2D eigenvalue weighted by molar-refractivity contribution is 0.239. The summed E-state index contributed by atoms with van der Waals surface area (Å²) in [7, 11) is 2.15. The Morgan fingerprint density at radius 3 is 2.81 bits per heavy atom. The van der Waals surface area contributed by atoms with Gasteiger partial charge >= 0.3 is 0 Å². The van der Waals surface area contributed by atoms with Gasteiger partial charge < -0.3 is 15.1 Å². The minimum Gasteiger partial charge on any atom is -0.464 e. The van der Waals surface area contributed by atoms with Crippen LogP contribution in [0.25, 0.3) is 0 Å². The first-order valence-corrected chi connectivity index (χ1v) is 6.25. The number of halogens is 1. The Labute approximate surface area is 102 Å². The highest BCUT2D eigenvalue weighted by atomic mass is 35.5. The molecule has 1 aromatic heterocycles. The van der Waals surface area contributed by atoms with Crippen LogP contribution in [0.15, 0.2) is 10.5 Å². The Morgan fingerprint density at radius 1 is 1.50 bits per heavy atom. The van der Waals surface area contributed by atoms with Gasteiger partial charge in [-0.3, -0.25) is 0 Å². The van der Waals surface area contributed by atoms with Gasteiger partial charge in [0.25, 0.3) is 0 Å². The summed E-state index contributed by atoms with van der Waals surface area (Å²) < 4.78 is 5.80. The van der Waals surface area contributed by atoms with Crippen molar-refractivity contribution in [2.45, 2.75) is 25.2 Å². The molecule has 0 bridgehead atoms. The summed E-state index contributed by atoms with van der Waals surface area (Å²) in [6, 6.07) is 1.92. The number of rotatable bonds is 3. The molecule has 2 N–H and O–H groups in total. The molecule has 1 aromatic rings. The number of likely N-dealkylation sites (tertiary alicyclic amines) is 1. The van der Waals surface area contributed by atoms with E-state index in [2.05, 4.69) is 11.9 Å². The number of hydrogen-bond donors (Lipinski definition) is 1. The summed E-state index contributed by atoms with van der Waals surface area (Å²) in [6.45, 7) is 2.85. The van der Waals surface area contributed by atoms with Crippen molar-refractivity contribution in [1.29, 1.82) is 0 Å². The van der Waals surface area contributed by atoms with Gasteiger partial charge in [0.1, 0.15) is 11.5 Å². The van der Waals surface area contributed by atoms with Crippen LogP contribution in [0.1, 0.15) is 30.3 Å². The zero-order valence-corrected chi connectivity index (χ0v) is 10.5. The van der Waals surface area contributed by atoms with E-state index in [1.807, 2.05) is 6.07 Å². The standard InChI is InChI=1S/C12H19ClN2O/c1-15-6-3-9(4-7-15)12-11(13)8-10(16-12)2-5-14/h8-9H,2-7,14H2,1H3. The molecule has 0 saturated carbocycles. The van der Waals surface area contributed by atoms with Gasteiger partial charge in [-0.25, -0.2) is 0 Å². The van der Waals surface area contributed by atoms with Crippen molar-refractivity contribution in [1.82, 2.24) is 4.90 Å². The maximum Gasteiger partial charge on any atom is 0.125 e.